The number of rotatable bonds is 10. The van der Waals surface area contributed by atoms with E-state index in [4.69, 9.17) is 5.73 Å². The summed E-state index contributed by atoms with van der Waals surface area (Å²) in [7, 11) is 0. The normalized spacial score (nSPS) is 10.8. The molecule has 24 heavy (non-hydrogen) atoms. The molecule has 0 spiro atoms. The minimum atomic E-state index is -0.437. The Balaban J connectivity index is 0.00000529. The molecular weight excluding hydrogens is 324 g/mol. The van der Waals surface area contributed by atoms with Crippen LogP contribution in [-0.4, -0.2) is 23.8 Å². The monoisotopic (exact) mass is 354 g/mol. The summed E-state index contributed by atoms with van der Waals surface area (Å²) in [5, 5.41) is 2.75. The van der Waals surface area contributed by atoms with Gasteiger partial charge in [-0.1, -0.05) is 44.0 Å². The van der Waals surface area contributed by atoms with Crippen LogP contribution in [0.25, 0.3) is 0 Å². The highest BCUT2D eigenvalue weighted by atomic mass is 35.5. The van der Waals surface area contributed by atoms with E-state index >= 15 is 0 Å². The quantitative estimate of drug-likeness (QED) is 0.497. The fourth-order valence-corrected chi connectivity index (χ4v) is 2.22. The van der Waals surface area contributed by atoms with Crippen LogP contribution in [0.3, 0.4) is 0 Å². The highest BCUT2D eigenvalue weighted by Gasteiger charge is 2.13. The first-order valence-corrected chi connectivity index (χ1v) is 8.49. The van der Waals surface area contributed by atoms with E-state index in [1.54, 1.807) is 0 Å². The third-order valence-electron chi connectivity index (χ3n) is 3.67. The average molecular weight is 355 g/mol. The van der Waals surface area contributed by atoms with E-state index in [2.05, 4.69) is 12.2 Å². The zero-order valence-electron chi connectivity index (χ0n) is 15.1. The minimum absolute atomic E-state index is 0. The molecule has 3 N–H and O–H groups in total. The molecule has 0 aliphatic rings. The van der Waals surface area contributed by atoms with Crippen molar-refractivity contribution in [2.45, 2.75) is 64.8 Å². The molecule has 1 aromatic carbocycles. The van der Waals surface area contributed by atoms with Crippen molar-refractivity contribution in [3.63, 3.8) is 0 Å². The SMILES string of the molecule is CCCCCc1ccc(C(=O)CCC(=O)NCC(C)(C)N)cc1.Cl. The topological polar surface area (TPSA) is 72.2 Å². The van der Waals surface area contributed by atoms with Crippen molar-refractivity contribution in [1.82, 2.24) is 5.32 Å². The molecule has 1 rings (SSSR count). The maximum atomic E-state index is 12.1. The first kappa shape index (κ1) is 22.6. The van der Waals surface area contributed by atoms with E-state index in [1.165, 1.54) is 24.8 Å². The summed E-state index contributed by atoms with van der Waals surface area (Å²) in [4.78, 5) is 23.8. The number of nitrogens with one attached hydrogen (secondary N) is 1. The number of nitrogens with two attached hydrogens (primary N) is 1. The molecule has 0 aliphatic carbocycles. The second-order valence-corrected chi connectivity index (χ2v) is 6.84. The molecule has 0 saturated carbocycles. The zero-order valence-corrected chi connectivity index (χ0v) is 15.9. The number of unbranched alkanes of at least 4 members (excludes halogenated alkanes) is 2. The molecule has 0 saturated heterocycles. The van der Waals surface area contributed by atoms with Crippen LogP contribution in [0.4, 0.5) is 0 Å². The number of Topliss-reactive ketones (excluding diaryl/α,β-unsaturated/α-hetero) is 1. The Labute approximate surface area is 152 Å². The second kappa shape index (κ2) is 11.2. The number of carbonyl (C=O) groups is 2. The summed E-state index contributed by atoms with van der Waals surface area (Å²) in [6.45, 7) is 6.29. The Morgan fingerprint density at radius 1 is 1.08 bits per heavy atom. The van der Waals surface area contributed by atoms with Crippen LogP contribution in [0, 0.1) is 0 Å². The van der Waals surface area contributed by atoms with Gasteiger partial charge in [0.2, 0.25) is 5.91 Å². The average Bonchev–Trinajstić information content (AvgIpc) is 2.51. The number of carbonyl (C=O) groups excluding carboxylic acids is 2. The molecule has 0 bridgehead atoms. The number of ketones is 1. The van der Waals surface area contributed by atoms with Gasteiger partial charge in [0.05, 0.1) is 0 Å². The summed E-state index contributed by atoms with van der Waals surface area (Å²) in [6, 6.07) is 7.76. The molecule has 0 unspecified atom stereocenters. The van der Waals surface area contributed by atoms with Crippen LogP contribution in [-0.2, 0) is 11.2 Å². The number of hydrogen-bond acceptors (Lipinski definition) is 3. The minimum Gasteiger partial charge on any atom is -0.354 e. The molecule has 1 amide bonds. The van der Waals surface area contributed by atoms with Gasteiger partial charge in [-0.05, 0) is 32.3 Å². The number of benzene rings is 1. The van der Waals surface area contributed by atoms with Gasteiger partial charge in [0.15, 0.2) is 5.78 Å². The van der Waals surface area contributed by atoms with Crippen LogP contribution in [0.1, 0.15) is 68.8 Å². The summed E-state index contributed by atoms with van der Waals surface area (Å²) in [5.41, 5.74) is 7.31. The van der Waals surface area contributed by atoms with Crippen molar-refractivity contribution in [2.75, 3.05) is 6.54 Å². The zero-order chi connectivity index (χ0) is 17.3. The van der Waals surface area contributed by atoms with Crippen molar-refractivity contribution in [3.05, 3.63) is 35.4 Å². The van der Waals surface area contributed by atoms with Crippen LogP contribution < -0.4 is 11.1 Å². The first-order chi connectivity index (χ1) is 10.8. The van der Waals surface area contributed by atoms with Gasteiger partial charge in [0.1, 0.15) is 0 Å². The summed E-state index contributed by atoms with van der Waals surface area (Å²) in [5.74, 6) is -0.125. The molecule has 4 nitrogen and oxygen atoms in total. The Kier molecular flexibility index (Phi) is 10.6. The third kappa shape index (κ3) is 9.68. The molecule has 0 aliphatic heterocycles. The van der Waals surface area contributed by atoms with Crippen molar-refractivity contribution in [2.24, 2.45) is 5.73 Å². The molecule has 0 aromatic heterocycles. The van der Waals surface area contributed by atoms with Crippen molar-refractivity contribution >= 4 is 24.1 Å². The molecule has 0 heterocycles. The third-order valence-corrected chi connectivity index (χ3v) is 3.67. The molecule has 0 radical (unpaired) electrons. The molecule has 1 aromatic rings. The molecule has 5 heteroatoms. The second-order valence-electron chi connectivity index (χ2n) is 6.84. The standard InChI is InChI=1S/C19H30N2O2.ClH/c1-4-5-6-7-15-8-10-16(11-9-15)17(22)12-13-18(23)21-14-19(2,3)20;/h8-11H,4-7,12-14,20H2,1-3H3,(H,21,23);1H. The van der Waals surface area contributed by atoms with Gasteiger partial charge in [0.25, 0.3) is 0 Å². The van der Waals surface area contributed by atoms with E-state index in [0.29, 0.717) is 12.1 Å². The van der Waals surface area contributed by atoms with Gasteiger partial charge in [-0.25, -0.2) is 0 Å². The Bertz CT molecular complexity index is 507. The first-order valence-electron chi connectivity index (χ1n) is 8.49. The number of aryl methyl sites for hydroxylation is 1. The van der Waals surface area contributed by atoms with E-state index < -0.39 is 5.54 Å². The predicted molar refractivity (Wildman–Crippen MR) is 102 cm³/mol. The lowest BCUT2D eigenvalue weighted by Crippen LogP contribution is -2.45. The Hall–Kier alpha value is -1.39. The van der Waals surface area contributed by atoms with Crippen molar-refractivity contribution < 1.29 is 9.59 Å². The fraction of sp³-hybridized carbons (Fsp3) is 0.579. The molecule has 0 atom stereocenters. The van der Waals surface area contributed by atoms with Gasteiger partial charge < -0.3 is 11.1 Å². The van der Waals surface area contributed by atoms with Crippen molar-refractivity contribution in [3.8, 4) is 0 Å². The van der Waals surface area contributed by atoms with Crippen molar-refractivity contribution in [1.29, 1.82) is 0 Å². The highest BCUT2D eigenvalue weighted by Crippen LogP contribution is 2.11. The van der Waals surface area contributed by atoms with E-state index in [9.17, 15) is 9.59 Å². The number of hydrogen-bond donors (Lipinski definition) is 2. The Morgan fingerprint density at radius 3 is 2.25 bits per heavy atom. The van der Waals surface area contributed by atoms with Gasteiger partial charge in [0, 0.05) is 30.5 Å². The maximum Gasteiger partial charge on any atom is 0.220 e. The lowest BCUT2D eigenvalue weighted by atomic mass is 10.0. The maximum absolute atomic E-state index is 12.1. The molecule has 136 valence electrons. The molecular formula is C19H31ClN2O2. The smallest absolute Gasteiger partial charge is 0.220 e. The summed E-state index contributed by atoms with van der Waals surface area (Å²) in [6.07, 6.45) is 5.11. The van der Waals surface area contributed by atoms with Crippen LogP contribution in [0.5, 0.6) is 0 Å². The summed E-state index contributed by atoms with van der Waals surface area (Å²) >= 11 is 0. The van der Waals surface area contributed by atoms with Gasteiger partial charge >= 0.3 is 0 Å². The van der Waals surface area contributed by atoms with Gasteiger partial charge in [-0.2, -0.15) is 0 Å². The Morgan fingerprint density at radius 2 is 1.71 bits per heavy atom. The highest BCUT2D eigenvalue weighted by molar-refractivity contribution is 5.97. The van der Waals surface area contributed by atoms with E-state index in [0.717, 1.165) is 6.42 Å². The van der Waals surface area contributed by atoms with Crippen LogP contribution in [0.2, 0.25) is 0 Å². The fourth-order valence-electron chi connectivity index (χ4n) is 2.22. The number of amides is 1. The van der Waals surface area contributed by atoms with Gasteiger partial charge in [-0.15, -0.1) is 12.4 Å². The van der Waals surface area contributed by atoms with Gasteiger partial charge in [-0.3, -0.25) is 9.59 Å². The lowest BCUT2D eigenvalue weighted by Gasteiger charge is -2.18. The summed E-state index contributed by atoms with van der Waals surface area (Å²) < 4.78 is 0. The van der Waals surface area contributed by atoms with E-state index in [1.807, 2.05) is 38.1 Å². The van der Waals surface area contributed by atoms with Crippen LogP contribution in [0.15, 0.2) is 24.3 Å². The predicted octanol–water partition coefficient (Wildman–Crippen LogP) is 3.66. The largest absolute Gasteiger partial charge is 0.354 e. The van der Waals surface area contributed by atoms with Crippen LogP contribution >= 0.6 is 12.4 Å². The lowest BCUT2D eigenvalue weighted by molar-refractivity contribution is -0.121. The molecule has 0 fully saturated rings. The number of halogens is 1. The van der Waals surface area contributed by atoms with E-state index in [-0.39, 0.29) is 36.9 Å².